The third-order valence-electron chi connectivity index (χ3n) is 4.15. The summed E-state index contributed by atoms with van der Waals surface area (Å²) in [6.45, 7) is 5.80. The predicted octanol–water partition coefficient (Wildman–Crippen LogP) is 1.36. The molecular formula is C13H23N3O3S. The summed E-state index contributed by atoms with van der Waals surface area (Å²) in [6.07, 6.45) is 3.85. The number of hydrogen-bond donors (Lipinski definition) is 3. The van der Waals surface area contributed by atoms with Crippen LogP contribution in [0.25, 0.3) is 0 Å². The van der Waals surface area contributed by atoms with E-state index in [2.05, 4.69) is 14.7 Å². The van der Waals surface area contributed by atoms with Crippen molar-refractivity contribution in [2.75, 3.05) is 6.61 Å². The molecule has 0 radical (unpaired) electrons. The van der Waals surface area contributed by atoms with Gasteiger partial charge in [-0.25, -0.2) is 18.1 Å². The molecule has 1 aromatic heterocycles. The molecule has 2 rings (SSSR count). The molecule has 0 aliphatic heterocycles. The van der Waals surface area contributed by atoms with Crippen molar-refractivity contribution in [1.82, 2.24) is 14.7 Å². The van der Waals surface area contributed by atoms with Gasteiger partial charge in [0.25, 0.3) is 10.0 Å². The first kappa shape index (κ1) is 15.5. The van der Waals surface area contributed by atoms with Gasteiger partial charge in [0.05, 0.1) is 6.20 Å². The Morgan fingerprint density at radius 1 is 1.60 bits per heavy atom. The van der Waals surface area contributed by atoms with Crippen LogP contribution in [0.2, 0.25) is 0 Å². The zero-order valence-corrected chi connectivity index (χ0v) is 13.0. The van der Waals surface area contributed by atoms with E-state index in [1.54, 1.807) is 0 Å². The largest absolute Gasteiger partial charge is 0.396 e. The molecule has 1 heterocycles. The van der Waals surface area contributed by atoms with Crippen molar-refractivity contribution < 1.29 is 13.5 Å². The molecule has 3 N–H and O–H groups in total. The molecule has 2 unspecified atom stereocenters. The van der Waals surface area contributed by atoms with E-state index in [-0.39, 0.29) is 29.0 Å². The number of imidazole rings is 1. The van der Waals surface area contributed by atoms with Crippen LogP contribution in [0.5, 0.6) is 0 Å². The molecule has 1 aliphatic carbocycles. The van der Waals surface area contributed by atoms with Gasteiger partial charge < -0.3 is 10.1 Å². The third kappa shape index (κ3) is 2.89. The quantitative estimate of drug-likeness (QED) is 0.765. The van der Waals surface area contributed by atoms with Crippen molar-refractivity contribution in [2.24, 2.45) is 5.41 Å². The summed E-state index contributed by atoms with van der Waals surface area (Å²) >= 11 is 0. The molecule has 1 saturated carbocycles. The van der Waals surface area contributed by atoms with Crippen LogP contribution < -0.4 is 4.72 Å². The lowest BCUT2D eigenvalue weighted by Crippen LogP contribution is -2.44. The smallest absolute Gasteiger partial charge is 0.257 e. The van der Waals surface area contributed by atoms with E-state index < -0.39 is 10.0 Å². The first-order valence-corrected chi connectivity index (χ1v) is 8.45. The van der Waals surface area contributed by atoms with Gasteiger partial charge in [-0.2, -0.15) is 0 Å². The second kappa shape index (κ2) is 5.46. The normalized spacial score (nSPS) is 27.4. The number of nitrogens with zero attached hydrogens (tertiary/aromatic N) is 1. The Labute approximate surface area is 120 Å². The SMILES string of the molecule is CC(C)c1ncc(S(=O)(=O)NC2CCCC2(C)CO)[nH]1. The van der Waals surface area contributed by atoms with Gasteiger partial charge in [0.2, 0.25) is 0 Å². The Kier molecular flexibility index (Phi) is 4.22. The van der Waals surface area contributed by atoms with E-state index in [0.29, 0.717) is 5.82 Å². The Balaban J connectivity index is 2.18. The Hall–Kier alpha value is -0.920. The van der Waals surface area contributed by atoms with Gasteiger partial charge in [0.15, 0.2) is 5.03 Å². The molecule has 2 atom stereocenters. The minimum absolute atomic E-state index is 0.0135. The lowest BCUT2D eigenvalue weighted by Gasteiger charge is -2.29. The number of aromatic amines is 1. The van der Waals surface area contributed by atoms with Crippen molar-refractivity contribution in [1.29, 1.82) is 0 Å². The standard InChI is InChI=1S/C13H23N3O3S/c1-9(2)12-14-7-11(15-12)20(18,19)16-10-5-4-6-13(10,3)8-17/h7,9-10,16-17H,4-6,8H2,1-3H3,(H,14,15). The number of aliphatic hydroxyl groups excluding tert-OH is 1. The van der Waals surface area contributed by atoms with E-state index >= 15 is 0 Å². The zero-order chi connectivity index (χ0) is 15.0. The van der Waals surface area contributed by atoms with Crippen LogP contribution in [-0.4, -0.2) is 36.1 Å². The van der Waals surface area contributed by atoms with Crippen molar-refractivity contribution >= 4 is 10.0 Å². The highest BCUT2D eigenvalue weighted by atomic mass is 32.2. The van der Waals surface area contributed by atoms with Gasteiger partial charge in [-0.05, 0) is 12.8 Å². The number of nitrogens with one attached hydrogen (secondary N) is 2. The minimum atomic E-state index is -3.62. The molecule has 0 saturated heterocycles. The highest BCUT2D eigenvalue weighted by molar-refractivity contribution is 7.89. The summed E-state index contributed by atoms with van der Waals surface area (Å²) in [5.41, 5.74) is -0.381. The molecule has 0 aromatic carbocycles. The number of sulfonamides is 1. The van der Waals surface area contributed by atoms with E-state index in [1.807, 2.05) is 20.8 Å². The molecule has 0 amide bonds. The number of hydrogen-bond acceptors (Lipinski definition) is 4. The van der Waals surface area contributed by atoms with Gasteiger partial charge in [0, 0.05) is 24.0 Å². The van der Waals surface area contributed by atoms with E-state index in [4.69, 9.17) is 0 Å². The molecular weight excluding hydrogens is 278 g/mol. The summed E-state index contributed by atoms with van der Waals surface area (Å²) in [4.78, 5) is 6.94. The van der Waals surface area contributed by atoms with Gasteiger partial charge in [-0.3, -0.25) is 0 Å². The fourth-order valence-electron chi connectivity index (χ4n) is 2.62. The summed E-state index contributed by atoms with van der Waals surface area (Å²) in [6, 6.07) is -0.233. The number of aliphatic hydroxyl groups is 1. The lowest BCUT2D eigenvalue weighted by atomic mass is 9.86. The monoisotopic (exact) mass is 301 g/mol. The highest BCUT2D eigenvalue weighted by Gasteiger charge is 2.40. The maximum absolute atomic E-state index is 12.4. The van der Waals surface area contributed by atoms with Gasteiger partial charge in [-0.1, -0.05) is 27.2 Å². The maximum atomic E-state index is 12.4. The van der Waals surface area contributed by atoms with Crippen LogP contribution in [0.1, 0.15) is 51.8 Å². The average molecular weight is 301 g/mol. The molecule has 1 aromatic rings. The number of aromatic nitrogens is 2. The van der Waals surface area contributed by atoms with Crippen molar-refractivity contribution in [2.45, 2.75) is 57.0 Å². The third-order valence-corrected chi connectivity index (χ3v) is 5.53. The predicted molar refractivity (Wildman–Crippen MR) is 75.8 cm³/mol. The Bertz CT molecular complexity index is 567. The Morgan fingerprint density at radius 2 is 2.30 bits per heavy atom. The summed E-state index contributed by atoms with van der Waals surface area (Å²) < 4.78 is 27.4. The van der Waals surface area contributed by atoms with Crippen LogP contribution in [0, 0.1) is 5.41 Å². The highest BCUT2D eigenvalue weighted by Crippen LogP contribution is 2.38. The van der Waals surface area contributed by atoms with Crippen LogP contribution in [0.3, 0.4) is 0 Å². The lowest BCUT2D eigenvalue weighted by molar-refractivity contribution is 0.127. The van der Waals surface area contributed by atoms with Gasteiger partial charge in [-0.15, -0.1) is 0 Å². The van der Waals surface area contributed by atoms with Crippen molar-refractivity contribution in [3.8, 4) is 0 Å². The van der Waals surface area contributed by atoms with Crippen molar-refractivity contribution in [3.63, 3.8) is 0 Å². The molecule has 1 aliphatic rings. The first-order chi connectivity index (χ1) is 9.28. The second-order valence-electron chi connectivity index (χ2n) is 6.17. The molecule has 1 fully saturated rings. The van der Waals surface area contributed by atoms with Crippen LogP contribution >= 0.6 is 0 Å². The number of H-pyrrole nitrogens is 1. The fourth-order valence-corrected chi connectivity index (χ4v) is 3.96. The molecule has 114 valence electrons. The summed E-state index contributed by atoms with van der Waals surface area (Å²) in [5, 5.41) is 9.58. The van der Waals surface area contributed by atoms with Crippen molar-refractivity contribution in [3.05, 3.63) is 12.0 Å². The van der Waals surface area contributed by atoms with E-state index in [1.165, 1.54) is 6.20 Å². The topological polar surface area (TPSA) is 95.1 Å². The molecule has 20 heavy (non-hydrogen) atoms. The van der Waals surface area contributed by atoms with Crippen LogP contribution in [0.15, 0.2) is 11.2 Å². The van der Waals surface area contributed by atoms with Crippen LogP contribution in [0.4, 0.5) is 0 Å². The van der Waals surface area contributed by atoms with Gasteiger partial charge in [0.1, 0.15) is 5.82 Å². The van der Waals surface area contributed by atoms with E-state index in [0.717, 1.165) is 19.3 Å². The first-order valence-electron chi connectivity index (χ1n) is 6.96. The summed E-state index contributed by atoms with van der Waals surface area (Å²) in [5.74, 6) is 0.801. The molecule has 7 heteroatoms. The Morgan fingerprint density at radius 3 is 2.85 bits per heavy atom. The second-order valence-corrected chi connectivity index (χ2v) is 7.85. The molecule has 0 bridgehead atoms. The van der Waals surface area contributed by atoms with E-state index in [9.17, 15) is 13.5 Å². The zero-order valence-electron chi connectivity index (χ0n) is 12.2. The molecule has 6 nitrogen and oxygen atoms in total. The average Bonchev–Trinajstić information content (AvgIpc) is 2.98. The van der Waals surface area contributed by atoms with Crippen LogP contribution in [-0.2, 0) is 10.0 Å². The van der Waals surface area contributed by atoms with Gasteiger partial charge >= 0.3 is 0 Å². The summed E-state index contributed by atoms with van der Waals surface area (Å²) in [7, 11) is -3.62. The number of rotatable bonds is 5. The maximum Gasteiger partial charge on any atom is 0.257 e. The minimum Gasteiger partial charge on any atom is -0.396 e. The molecule has 0 spiro atoms. The fraction of sp³-hybridized carbons (Fsp3) is 0.769.